The van der Waals surface area contributed by atoms with Gasteiger partial charge in [0, 0.05) is 17.6 Å². The zero-order valence-corrected chi connectivity index (χ0v) is 16.4. The van der Waals surface area contributed by atoms with Crippen LogP contribution in [0.4, 0.5) is 0 Å². The molecule has 0 aliphatic rings. The zero-order valence-electron chi connectivity index (χ0n) is 14.8. The summed E-state index contributed by atoms with van der Waals surface area (Å²) in [5.41, 5.74) is 2.87. The van der Waals surface area contributed by atoms with Gasteiger partial charge in [-0.15, -0.1) is 11.3 Å². The van der Waals surface area contributed by atoms with Crippen molar-refractivity contribution < 1.29 is 8.42 Å². The topological polar surface area (TPSA) is 72.0 Å². The Hall–Kier alpha value is -2.09. The standard InChI is InChI=1S/C19H21N3O2S2/c1-3-15-7-9-16(10-8-15)26(23,24)21-13-11-18-14(2)22-19(25-18)17-6-4-5-12-20-17/h4-10,12,21H,3,11,13H2,1-2H3. The highest BCUT2D eigenvalue weighted by molar-refractivity contribution is 7.89. The van der Waals surface area contributed by atoms with Crippen molar-refractivity contribution in [3.8, 4) is 10.7 Å². The fourth-order valence-corrected chi connectivity index (χ4v) is 4.62. The highest BCUT2D eigenvalue weighted by Gasteiger charge is 2.15. The van der Waals surface area contributed by atoms with Gasteiger partial charge >= 0.3 is 0 Å². The molecule has 1 N–H and O–H groups in total. The van der Waals surface area contributed by atoms with E-state index in [1.807, 2.05) is 44.2 Å². The number of aryl methyl sites for hydroxylation is 2. The summed E-state index contributed by atoms with van der Waals surface area (Å²) in [5.74, 6) is 0. The summed E-state index contributed by atoms with van der Waals surface area (Å²) in [6.07, 6.45) is 3.23. The van der Waals surface area contributed by atoms with Crippen LogP contribution in [0.1, 0.15) is 23.1 Å². The fourth-order valence-electron chi connectivity index (χ4n) is 2.55. The molecule has 0 spiro atoms. The Morgan fingerprint density at radius 1 is 1.12 bits per heavy atom. The molecule has 5 nitrogen and oxygen atoms in total. The predicted molar refractivity (Wildman–Crippen MR) is 105 cm³/mol. The molecule has 2 aromatic heterocycles. The Balaban J connectivity index is 1.65. The summed E-state index contributed by atoms with van der Waals surface area (Å²) in [6, 6.07) is 12.7. The molecule has 26 heavy (non-hydrogen) atoms. The first-order chi connectivity index (χ1) is 12.5. The molecule has 0 fully saturated rings. The van der Waals surface area contributed by atoms with Crippen LogP contribution in [0.15, 0.2) is 53.6 Å². The second kappa shape index (κ2) is 8.07. The van der Waals surface area contributed by atoms with Crippen LogP contribution in [0.3, 0.4) is 0 Å². The lowest BCUT2D eigenvalue weighted by Gasteiger charge is -2.07. The average Bonchev–Trinajstić information content (AvgIpc) is 3.03. The first-order valence-corrected chi connectivity index (χ1v) is 10.8. The molecular formula is C19H21N3O2S2. The summed E-state index contributed by atoms with van der Waals surface area (Å²) in [7, 11) is -3.49. The number of sulfonamides is 1. The summed E-state index contributed by atoms with van der Waals surface area (Å²) < 4.78 is 27.5. The molecule has 3 rings (SSSR count). The van der Waals surface area contributed by atoms with E-state index in [1.165, 1.54) is 0 Å². The van der Waals surface area contributed by atoms with Gasteiger partial charge in [-0.3, -0.25) is 4.98 Å². The van der Waals surface area contributed by atoms with Gasteiger partial charge in [-0.05, 0) is 49.6 Å². The normalized spacial score (nSPS) is 11.6. The summed E-state index contributed by atoms with van der Waals surface area (Å²) in [5, 5.41) is 0.858. The van der Waals surface area contributed by atoms with E-state index in [2.05, 4.69) is 14.7 Å². The van der Waals surface area contributed by atoms with Crippen LogP contribution in [-0.4, -0.2) is 24.9 Å². The van der Waals surface area contributed by atoms with E-state index in [0.717, 1.165) is 33.3 Å². The number of rotatable bonds is 7. The number of hydrogen-bond acceptors (Lipinski definition) is 5. The van der Waals surface area contributed by atoms with Crippen LogP contribution in [0.5, 0.6) is 0 Å². The van der Waals surface area contributed by atoms with Gasteiger partial charge in [0.1, 0.15) is 5.01 Å². The van der Waals surface area contributed by atoms with Gasteiger partial charge in [-0.25, -0.2) is 18.1 Å². The molecular weight excluding hydrogens is 366 g/mol. The summed E-state index contributed by atoms with van der Waals surface area (Å²) in [4.78, 5) is 10.2. The third-order valence-corrected chi connectivity index (χ3v) is 6.78. The second-order valence-electron chi connectivity index (χ2n) is 5.89. The van der Waals surface area contributed by atoms with Crippen molar-refractivity contribution in [2.45, 2.75) is 31.6 Å². The van der Waals surface area contributed by atoms with E-state index in [9.17, 15) is 8.42 Å². The van der Waals surface area contributed by atoms with Crippen molar-refractivity contribution in [3.05, 3.63) is 64.8 Å². The number of nitrogens with one attached hydrogen (secondary N) is 1. The van der Waals surface area contributed by atoms with Crippen LogP contribution in [0, 0.1) is 6.92 Å². The molecule has 0 atom stereocenters. The van der Waals surface area contributed by atoms with E-state index in [1.54, 1.807) is 29.7 Å². The van der Waals surface area contributed by atoms with Crippen molar-refractivity contribution in [1.29, 1.82) is 0 Å². The molecule has 136 valence electrons. The average molecular weight is 388 g/mol. The highest BCUT2D eigenvalue weighted by atomic mass is 32.2. The monoisotopic (exact) mass is 387 g/mol. The maximum Gasteiger partial charge on any atom is 0.240 e. The van der Waals surface area contributed by atoms with Gasteiger partial charge in [0.25, 0.3) is 0 Å². The molecule has 0 radical (unpaired) electrons. The predicted octanol–water partition coefficient (Wildman–Crippen LogP) is 3.60. The largest absolute Gasteiger partial charge is 0.254 e. The SMILES string of the molecule is CCc1ccc(S(=O)(=O)NCCc2sc(-c3ccccn3)nc2C)cc1. The Morgan fingerprint density at radius 2 is 1.88 bits per heavy atom. The third-order valence-electron chi connectivity index (χ3n) is 4.06. The van der Waals surface area contributed by atoms with Gasteiger partial charge < -0.3 is 0 Å². The molecule has 3 aromatic rings. The molecule has 0 aliphatic carbocycles. The van der Waals surface area contributed by atoms with E-state index in [4.69, 9.17) is 0 Å². The van der Waals surface area contributed by atoms with Crippen LogP contribution >= 0.6 is 11.3 Å². The van der Waals surface area contributed by atoms with Gasteiger partial charge in [-0.2, -0.15) is 0 Å². The van der Waals surface area contributed by atoms with Crippen molar-refractivity contribution >= 4 is 21.4 Å². The number of pyridine rings is 1. The van der Waals surface area contributed by atoms with Crippen molar-refractivity contribution in [1.82, 2.24) is 14.7 Å². The van der Waals surface area contributed by atoms with Gasteiger partial charge in [-0.1, -0.05) is 25.1 Å². The number of aromatic nitrogens is 2. The van der Waals surface area contributed by atoms with Crippen LogP contribution in [0.25, 0.3) is 10.7 Å². The van der Waals surface area contributed by atoms with Gasteiger partial charge in [0.2, 0.25) is 10.0 Å². The molecule has 1 aromatic carbocycles. The summed E-state index contributed by atoms with van der Waals surface area (Å²) >= 11 is 1.56. The Morgan fingerprint density at radius 3 is 2.54 bits per heavy atom. The highest BCUT2D eigenvalue weighted by Crippen LogP contribution is 2.26. The van der Waals surface area contributed by atoms with Crippen molar-refractivity contribution in [3.63, 3.8) is 0 Å². The second-order valence-corrected chi connectivity index (χ2v) is 8.74. The Kier molecular flexibility index (Phi) is 5.80. The lowest BCUT2D eigenvalue weighted by atomic mass is 10.2. The smallest absolute Gasteiger partial charge is 0.240 e. The number of hydrogen-bond donors (Lipinski definition) is 1. The zero-order chi connectivity index (χ0) is 18.6. The number of nitrogens with zero attached hydrogens (tertiary/aromatic N) is 2. The lowest BCUT2D eigenvalue weighted by molar-refractivity contribution is 0.581. The van der Waals surface area contributed by atoms with Crippen molar-refractivity contribution in [2.75, 3.05) is 6.54 Å². The molecule has 2 heterocycles. The molecule has 0 bridgehead atoms. The first kappa shape index (κ1) is 18.7. The molecule has 0 amide bonds. The molecule has 0 saturated heterocycles. The Bertz CT molecular complexity index is 966. The maximum absolute atomic E-state index is 12.4. The molecule has 7 heteroatoms. The van der Waals surface area contributed by atoms with E-state index in [0.29, 0.717) is 17.9 Å². The van der Waals surface area contributed by atoms with Crippen LogP contribution in [-0.2, 0) is 22.9 Å². The van der Waals surface area contributed by atoms with Crippen LogP contribution < -0.4 is 4.72 Å². The number of thiazole rings is 1. The van der Waals surface area contributed by atoms with Gasteiger partial charge in [0.15, 0.2) is 0 Å². The lowest BCUT2D eigenvalue weighted by Crippen LogP contribution is -2.25. The van der Waals surface area contributed by atoms with Crippen LogP contribution in [0.2, 0.25) is 0 Å². The van der Waals surface area contributed by atoms with E-state index in [-0.39, 0.29) is 0 Å². The minimum absolute atomic E-state index is 0.296. The number of benzene rings is 1. The first-order valence-electron chi connectivity index (χ1n) is 8.46. The molecule has 0 unspecified atom stereocenters. The van der Waals surface area contributed by atoms with E-state index >= 15 is 0 Å². The maximum atomic E-state index is 12.4. The minimum atomic E-state index is -3.49. The van der Waals surface area contributed by atoms with Crippen molar-refractivity contribution in [2.24, 2.45) is 0 Å². The molecule has 0 aliphatic heterocycles. The van der Waals surface area contributed by atoms with Gasteiger partial charge in [0.05, 0.1) is 16.3 Å². The fraction of sp³-hybridized carbons (Fsp3) is 0.263. The Labute approximate surface area is 158 Å². The summed E-state index contributed by atoms with van der Waals surface area (Å²) in [6.45, 7) is 4.32. The quantitative estimate of drug-likeness (QED) is 0.672. The minimum Gasteiger partial charge on any atom is -0.254 e. The third kappa shape index (κ3) is 4.35. The molecule has 0 saturated carbocycles. The van der Waals surface area contributed by atoms with E-state index < -0.39 is 10.0 Å².